The highest BCUT2D eigenvalue weighted by atomic mass is 16.5. The Kier molecular flexibility index (Phi) is 5.18. The topological polar surface area (TPSA) is 54.0 Å². The fourth-order valence-electron chi connectivity index (χ4n) is 3.68. The molecule has 0 aliphatic carbocycles. The van der Waals surface area contributed by atoms with Gasteiger partial charge in [-0.1, -0.05) is 6.07 Å². The van der Waals surface area contributed by atoms with Crippen LogP contribution >= 0.6 is 0 Å². The second-order valence-corrected chi connectivity index (χ2v) is 6.11. The second kappa shape index (κ2) is 7.31. The van der Waals surface area contributed by atoms with E-state index in [1.165, 1.54) is 5.56 Å². The van der Waals surface area contributed by atoms with Gasteiger partial charge in [-0.15, -0.1) is 0 Å². The molecular formula is C17H26N2O3. The Hall–Kier alpha value is -1.30. The zero-order chi connectivity index (χ0) is 15.4. The third kappa shape index (κ3) is 3.37. The number of aromatic hydroxyl groups is 1. The number of methoxy groups -OCH3 is 1. The lowest BCUT2D eigenvalue weighted by molar-refractivity contribution is 0.0206. The van der Waals surface area contributed by atoms with E-state index in [0.717, 1.165) is 58.0 Å². The Morgan fingerprint density at radius 3 is 2.68 bits per heavy atom. The molecule has 2 heterocycles. The highest BCUT2D eigenvalue weighted by Gasteiger charge is 2.33. The van der Waals surface area contributed by atoms with Crippen molar-refractivity contribution < 1.29 is 14.6 Å². The molecule has 2 saturated heterocycles. The van der Waals surface area contributed by atoms with Crippen LogP contribution in [0.5, 0.6) is 11.5 Å². The lowest BCUT2D eigenvalue weighted by Gasteiger charge is -2.41. The number of benzene rings is 1. The summed E-state index contributed by atoms with van der Waals surface area (Å²) in [5.74, 6) is 1.62. The van der Waals surface area contributed by atoms with Gasteiger partial charge in [-0.2, -0.15) is 0 Å². The summed E-state index contributed by atoms with van der Waals surface area (Å²) in [4.78, 5) is 2.56. The van der Waals surface area contributed by atoms with Crippen molar-refractivity contribution in [2.45, 2.75) is 18.9 Å². The monoisotopic (exact) mass is 306 g/mol. The maximum Gasteiger partial charge on any atom is 0.127 e. The van der Waals surface area contributed by atoms with Gasteiger partial charge in [0, 0.05) is 57.1 Å². The number of piperazine rings is 1. The van der Waals surface area contributed by atoms with E-state index in [1.807, 2.05) is 6.07 Å². The van der Waals surface area contributed by atoms with Crippen LogP contribution in [0.15, 0.2) is 18.2 Å². The molecule has 3 rings (SSSR count). The number of nitrogens with zero attached hydrogens (tertiary/aromatic N) is 1. The molecule has 22 heavy (non-hydrogen) atoms. The van der Waals surface area contributed by atoms with E-state index < -0.39 is 0 Å². The van der Waals surface area contributed by atoms with Crippen molar-refractivity contribution in [2.24, 2.45) is 5.92 Å². The molecule has 1 aromatic carbocycles. The summed E-state index contributed by atoms with van der Waals surface area (Å²) in [6.45, 7) is 5.83. The Morgan fingerprint density at radius 2 is 2.00 bits per heavy atom. The molecule has 0 amide bonds. The van der Waals surface area contributed by atoms with Crippen molar-refractivity contribution in [2.75, 3.05) is 46.5 Å². The van der Waals surface area contributed by atoms with Gasteiger partial charge in [0.1, 0.15) is 11.5 Å². The van der Waals surface area contributed by atoms with Gasteiger partial charge in [0.2, 0.25) is 0 Å². The van der Waals surface area contributed by atoms with Crippen LogP contribution in [0.2, 0.25) is 0 Å². The third-order valence-corrected chi connectivity index (χ3v) is 4.79. The van der Waals surface area contributed by atoms with Crippen LogP contribution in [-0.4, -0.2) is 56.5 Å². The average Bonchev–Trinajstić information content (AvgIpc) is 2.58. The van der Waals surface area contributed by atoms with Crippen molar-refractivity contribution in [3.63, 3.8) is 0 Å². The first kappa shape index (κ1) is 15.6. The van der Waals surface area contributed by atoms with Crippen LogP contribution in [0, 0.1) is 5.92 Å². The van der Waals surface area contributed by atoms with Crippen LogP contribution < -0.4 is 10.1 Å². The van der Waals surface area contributed by atoms with E-state index in [4.69, 9.17) is 9.47 Å². The minimum Gasteiger partial charge on any atom is -0.508 e. The average molecular weight is 306 g/mol. The molecule has 0 radical (unpaired) electrons. The summed E-state index contributed by atoms with van der Waals surface area (Å²) in [6, 6.07) is 5.86. The van der Waals surface area contributed by atoms with Crippen LogP contribution in [0.25, 0.3) is 0 Å². The molecule has 2 N–H and O–H groups in total. The molecule has 2 aliphatic rings. The van der Waals surface area contributed by atoms with E-state index in [1.54, 1.807) is 19.2 Å². The number of phenols is 1. The van der Waals surface area contributed by atoms with Gasteiger partial charge in [0.15, 0.2) is 0 Å². The molecule has 5 heteroatoms. The number of ether oxygens (including phenoxy) is 2. The Bertz CT molecular complexity index is 465. The van der Waals surface area contributed by atoms with Gasteiger partial charge >= 0.3 is 0 Å². The first-order valence-electron chi connectivity index (χ1n) is 8.19. The largest absolute Gasteiger partial charge is 0.508 e. The number of hydrogen-bond donors (Lipinski definition) is 2. The quantitative estimate of drug-likeness (QED) is 0.888. The lowest BCUT2D eigenvalue weighted by Crippen LogP contribution is -2.47. The normalized spacial score (nSPS) is 22.4. The van der Waals surface area contributed by atoms with Gasteiger partial charge in [-0.05, 0) is 24.8 Å². The Morgan fingerprint density at radius 1 is 1.27 bits per heavy atom. The Balaban J connectivity index is 1.92. The second-order valence-electron chi connectivity index (χ2n) is 6.11. The van der Waals surface area contributed by atoms with Crippen molar-refractivity contribution >= 4 is 0 Å². The van der Waals surface area contributed by atoms with Gasteiger partial charge < -0.3 is 19.9 Å². The first-order chi connectivity index (χ1) is 10.8. The number of rotatable bonds is 4. The Labute approximate surface area is 132 Å². The zero-order valence-electron chi connectivity index (χ0n) is 13.3. The van der Waals surface area contributed by atoms with E-state index in [-0.39, 0.29) is 5.75 Å². The SMILES string of the molecule is COc1cc(O)ccc1[C@H](C1CCOCC1)N1CCNCC1. The summed E-state index contributed by atoms with van der Waals surface area (Å²) in [6.07, 6.45) is 2.16. The highest BCUT2D eigenvalue weighted by Crippen LogP contribution is 2.40. The van der Waals surface area contributed by atoms with E-state index in [0.29, 0.717) is 12.0 Å². The lowest BCUT2D eigenvalue weighted by atomic mass is 9.85. The number of hydrogen-bond acceptors (Lipinski definition) is 5. The molecule has 0 bridgehead atoms. The maximum absolute atomic E-state index is 9.75. The summed E-state index contributed by atoms with van der Waals surface area (Å²) < 4.78 is 11.1. The van der Waals surface area contributed by atoms with Gasteiger partial charge in [0.25, 0.3) is 0 Å². The molecule has 0 aromatic heterocycles. The molecule has 2 aliphatic heterocycles. The van der Waals surface area contributed by atoms with E-state index in [9.17, 15) is 5.11 Å². The fraction of sp³-hybridized carbons (Fsp3) is 0.647. The van der Waals surface area contributed by atoms with Crippen LogP contribution in [0.4, 0.5) is 0 Å². The van der Waals surface area contributed by atoms with Crippen molar-refractivity contribution in [3.8, 4) is 11.5 Å². The van der Waals surface area contributed by atoms with Gasteiger partial charge in [0.05, 0.1) is 7.11 Å². The van der Waals surface area contributed by atoms with Crippen molar-refractivity contribution in [1.82, 2.24) is 10.2 Å². The molecule has 5 nitrogen and oxygen atoms in total. The predicted octanol–water partition coefficient (Wildman–Crippen LogP) is 1.77. The summed E-state index contributed by atoms with van der Waals surface area (Å²) in [5, 5.41) is 13.2. The first-order valence-corrected chi connectivity index (χ1v) is 8.19. The van der Waals surface area contributed by atoms with Gasteiger partial charge in [-0.25, -0.2) is 0 Å². The molecule has 1 atom stereocenters. The van der Waals surface area contributed by atoms with Crippen LogP contribution in [0.3, 0.4) is 0 Å². The van der Waals surface area contributed by atoms with Gasteiger partial charge in [-0.3, -0.25) is 4.90 Å². The zero-order valence-corrected chi connectivity index (χ0v) is 13.3. The predicted molar refractivity (Wildman–Crippen MR) is 85.4 cm³/mol. The highest BCUT2D eigenvalue weighted by molar-refractivity contribution is 5.42. The van der Waals surface area contributed by atoms with Crippen molar-refractivity contribution in [1.29, 1.82) is 0 Å². The third-order valence-electron chi connectivity index (χ3n) is 4.79. The molecule has 0 spiro atoms. The fourth-order valence-corrected chi connectivity index (χ4v) is 3.68. The van der Waals surface area contributed by atoms with E-state index in [2.05, 4.69) is 10.2 Å². The number of phenolic OH excluding ortho intramolecular Hbond substituents is 1. The number of nitrogens with one attached hydrogen (secondary N) is 1. The minimum atomic E-state index is 0.256. The summed E-state index contributed by atoms with van der Waals surface area (Å²) in [7, 11) is 1.68. The standard InChI is InChI=1S/C17H26N2O3/c1-21-16-12-14(20)2-3-15(16)17(13-4-10-22-11-5-13)19-8-6-18-7-9-19/h2-3,12-13,17-18,20H,4-11H2,1H3/t17-/m0/s1. The molecular weight excluding hydrogens is 280 g/mol. The maximum atomic E-state index is 9.75. The molecule has 122 valence electrons. The summed E-state index contributed by atoms with van der Waals surface area (Å²) in [5.41, 5.74) is 1.19. The van der Waals surface area contributed by atoms with Crippen LogP contribution in [0.1, 0.15) is 24.4 Å². The summed E-state index contributed by atoms with van der Waals surface area (Å²) >= 11 is 0. The van der Waals surface area contributed by atoms with Crippen LogP contribution in [-0.2, 0) is 4.74 Å². The smallest absolute Gasteiger partial charge is 0.127 e. The molecule has 1 aromatic rings. The molecule has 0 unspecified atom stereocenters. The minimum absolute atomic E-state index is 0.256. The van der Waals surface area contributed by atoms with Crippen molar-refractivity contribution in [3.05, 3.63) is 23.8 Å². The molecule has 0 saturated carbocycles. The van der Waals surface area contributed by atoms with E-state index >= 15 is 0 Å². The molecule has 2 fully saturated rings.